The van der Waals surface area contributed by atoms with Crippen molar-refractivity contribution in [2.45, 2.75) is 6.92 Å². The molecule has 1 aromatic heterocycles. The van der Waals surface area contributed by atoms with E-state index in [1.54, 1.807) is 25.3 Å². The number of hydrogen-bond acceptors (Lipinski definition) is 3. The fourth-order valence-corrected chi connectivity index (χ4v) is 2.28. The minimum Gasteiger partial charge on any atom is -0.497 e. The van der Waals surface area contributed by atoms with Crippen LogP contribution in [0.25, 0.3) is 10.9 Å². The lowest BCUT2D eigenvalue weighted by Gasteiger charge is -2.12. The summed E-state index contributed by atoms with van der Waals surface area (Å²) < 4.78 is 19.0. The lowest BCUT2D eigenvalue weighted by atomic mass is 10.1. The van der Waals surface area contributed by atoms with Crippen LogP contribution in [-0.2, 0) is 0 Å². The Balaban J connectivity index is 2.11. The summed E-state index contributed by atoms with van der Waals surface area (Å²) in [5.41, 5.74) is 2.94. The van der Waals surface area contributed by atoms with Crippen LogP contribution in [-0.4, -0.2) is 12.1 Å². The molecule has 3 aromatic rings. The highest BCUT2D eigenvalue weighted by molar-refractivity contribution is 5.94. The summed E-state index contributed by atoms with van der Waals surface area (Å²) in [5.74, 6) is 0.464. The van der Waals surface area contributed by atoms with Crippen LogP contribution in [0.2, 0.25) is 0 Å². The van der Waals surface area contributed by atoms with Gasteiger partial charge >= 0.3 is 0 Å². The van der Waals surface area contributed by atoms with Gasteiger partial charge < -0.3 is 10.1 Å². The van der Waals surface area contributed by atoms with Gasteiger partial charge in [-0.3, -0.25) is 4.98 Å². The van der Waals surface area contributed by atoms with E-state index < -0.39 is 0 Å². The number of ether oxygens (including phenoxy) is 1. The maximum Gasteiger partial charge on any atom is 0.146 e. The van der Waals surface area contributed by atoms with Crippen LogP contribution in [0.4, 0.5) is 15.8 Å². The summed E-state index contributed by atoms with van der Waals surface area (Å²) in [7, 11) is 1.62. The minimum absolute atomic E-state index is 0.284. The number of hydrogen-bond donors (Lipinski definition) is 1. The van der Waals surface area contributed by atoms with E-state index in [-0.39, 0.29) is 5.82 Å². The van der Waals surface area contributed by atoms with E-state index in [4.69, 9.17) is 4.74 Å². The predicted molar refractivity (Wildman–Crippen MR) is 82.7 cm³/mol. The SMILES string of the molecule is COc1ccc2c(Nc3ccccc3F)cc(C)nc2c1. The lowest BCUT2D eigenvalue weighted by Crippen LogP contribution is -1.97. The fraction of sp³-hybridized carbons (Fsp3) is 0.118. The highest BCUT2D eigenvalue weighted by Crippen LogP contribution is 2.29. The van der Waals surface area contributed by atoms with Crippen LogP contribution in [0, 0.1) is 12.7 Å². The topological polar surface area (TPSA) is 34.1 Å². The highest BCUT2D eigenvalue weighted by Gasteiger charge is 2.08. The summed E-state index contributed by atoms with van der Waals surface area (Å²) >= 11 is 0. The van der Waals surface area contributed by atoms with Crippen LogP contribution in [0.5, 0.6) is 5.75 Å². The lowest BCUT2D eigenvalue weighted by molar-refractivity contribution is 0.415. The average molecular weight is 282 g/mol. The van der Waals surface area contributed by atoms with Crippen molar-refractivity contribution >= 4 is 22.3 Å². The Bertz CT molecular complexity index is 802. The van der Waals surface area contributed by atoms with Gasteiger partial charge in [0, 0.05) is 22.8 Å². The average Bonchev–Trinajstić information content (AvgIpc) is 2.48. The first kappa shape index (κ1) is 13.4. The van der Waals surface area contributed by atoms with E-state index in [2.05, 4.69) is 10.3 Å². The van der Waals surface area contributed by atoms with Gasteiger partial charge in [-0.2, -0.15) is 0 Å². The molecule has 0 amide bonds. The molecule has 0 saturated heterocycles. The van der Waals surface area contributed by atoms with Gasteiger partial charge in [0.2, 0.25) is 0 Å². The van der Waals surface area contributed by atoms with Gasteiger partial charge in [0.05, 0.1) is 18.3 Å². The van der Waals surface area contributed by atoms with Gasteiger partial charge in [-0.1, -0.05) is 12.1 Å². The van der Waals surface area contributed by atoms with Gasteiger partial charge in [-0.05, 0) is 37.3 Å². The van der Waals surface area contributed by atoms with Crippen molar-refractivity contribution in [3.63, 3.8) is 0 Å². The molecule has 0 fully saturated rings. The monoisotopic (exact) mass is 282 g/mol. The van der Waals surface area contributed by atoms with Crippen molar-refractivity contribution in [1.82, 2.24) is 4.98 Å². The van der Waals surface area contributed by atoms with Gasteiger partial charge in [0.15, 0.2) is 0 Å². The third-order valence-electron chi connectivity index (χ3n) is 3.29. The first-order valence-electron chi connectivity index (χ1n) is 6.64. The van der Waals surface area contributed by atoms with E-state index in [0.717, 1.165) is 28.0 Å². The van der Waals surface area contributed by atoms with Crippen molar-refractivity contribution < 1.29 is 9.13 Å². The van der Waals surface area contributed by atoms with E-state index in [1.165, 1.54) is 6.07 Å². The molecule has 0 radical (unpaired) electrons. The maximum absolute atomic E-state index is 13.8. The second-order valence-electron chi connectivity index (χ2n) is 4.80. The minimum atomic E-state index is -0.284. The molecule has 0 saturated carbocycles. The number of fused-ring (bicyclic) bond motifs is 1. The third-order valence-corrected chi connectivity index (χ3v) is 3.29. The zero-order valence-electron chi connectivity index (χ0n) is 11.9. The zero-order chi connectivity index (χ0) is 14.8. The largest absolute Gasteiger partial charge is 0.497 e. The fourth-order valence-electron chi connectivity index (χ4n) is 2.28. The molecule has 2 aromatic carbocycles. The van der Waals surface area contributed by atoms with E-state index in [9.17, 15) is 4.39 Å². The van der Waals surface area contributed by atoms with Crippen LogP contribution in [0.15, 0.2) is 48.5 Å². The molecule has 0 aliphatic carbocycles. The number of aromatic nitrogens is 1. The molecule has 3 nitrogen and oxygen atoms in total. The van der Waals surface area contributed by atoms with Gasteiger partial charge in [0.25, 0.3) is 0 Å². The molecule has 4 heteroatoms. The molecule has 0 spiro atoms. The molecule has 0 aliphatic rings. The van der Waals surface area contributed by atoms with E-state index in [1.807, 2.05) is 31.2 Å². The van der Waals surface area contributed by atoms with Crippen LogP contribution < -0.4 is 10.1 Å². The first-order valence-corrected chi connectivity index (χ1v) is 6.64. The second kappa shape index (κ2) is 5.40. The smallest absolute Gasteiger partial charge is 0.146 e. The van der Waals surface area contributed by atoms with Crippen LogP contribution in [0.3, 0.4) is 0 Å². The van der Waals surface area contributed by atoms with Gasteiger partial charge in [-0.15, -0.1) is 0 Å². The number of nitrogens with zero attached hydrogens (tertiary/aromatic N) is 1. The number of halogens is 1. The summed E-state index contributed by atoms with van der Waals surface area (Å²) in [6, 6.07) is 14.2. The molecule has 1 N–H and O–H groups in total. The van der Waals surface area contributed by atoms with E-state index >= 15 is 0 Å². The molecule has 1 heterocycles. The normalized spacial score (nSPS) is 10.6. The summed E-state index contributed by atoms with van der Waals surface area (Å²) in [6.07, 6.45) is 0. The van der Waals surface area contributed by atoms with Gasteiger partial charge in [0.1, 0.15) is 11.6 Å². The van der Waals surface area contributed by atoms with Crippen molar-refractivity contribution in [3.05, 3.63) is 60.0 Å². The molecular formula is C17H15FN2O. The standard InChI is InChI=1S/C17H15FN2O/c1-11-9-16(20-15-6-4-3-5-14(15)18)13-8-7-12(21-2)10-17(13)19-11/h3-10H,1-2H3,(H,19,20). The van der Waals surface area contributed by atoms with E-state index in [0.29, 0.717) is 5.69 Å². The number of nitrogens with one attached hydrogen (secondary N) is 1. The van der Waals surface area contributed by atoms with Crippen LogP contribution in [0.1, 0.15) is 5.69 Å². The van der Waals surface area contributed by atoms with Gasteiger partial charge in [-0.25, -0.2) is 4.39 Å². The molecule has 0 atom stereocenters. The number of methoxy groups -OCH3 is 1. The second-order valence-corrected chi connectivity index (χ2v) is 4.80. The van der Waals surface area contributed by atoms with Crippen molar-refractivity contribution in [2.24, 2.45) is 0 Å². The van der Waals surface area contributed by atoms with Crippen molar-refractivity contribution in [2.75, 3.05) is 12.4 Å². The number of para-hydroxylation sites is 1. The Hall–Kier alpha value is -2.62. The molecule has 0 unspecified atom stereocenters. The Morgan fingerprint density at radius 1 is 1.05 bits per heavy atom. The Morgan fingerprint density at radius 2 is 1.86 bits per heavy atom. The van der Waals surface area contributed by atoms with Crippen molar-refractivity contribution in [3.8, 4) is 5.75 Å². The Kier molecular flexibility index (Phi) is 3.44. The molecule has 3 rings (SSSR count). The first-order chi connectivity index (χ1) is 10.2. The Labute approximate surface area is 122 Å². The number of anilines is 2. The number of pyridine rings is 1. The maximum atomic E-state index is 13.8. The van der Waals surface area contributed by atoms with Crippen LogP contribution >= 0.6 is 0 Å². The summed E-state index contributed by atoms with van der Waals surface area (Å²) in [5, 5.41) is 4.06. The van der Waals surface area contributed by atoms with Crippen molar-refractivity contribution in [1.29, 1.82) is 0 Å². The number of aryl methyl sites for hydroxylation is 1. The predicted octanol–water partition coefficient (Wildman–Crippen LogP) is 4.43. The molecular weight excluding hydrogens is 267 g/mol. The number of benzene rings is 2. The number of rotatable bonds is 3. The summed E-state index contributed by atoms with van der Waals surface area (Å²) in [6.45, 7) is 1.91. The Morgan fingerprint density at radius 3 is 2.62 bits per heavy atom. The molecule has 106 valence electrons. The summed E-state index contributed by atoms with van der Waals surface area (Å²) in [4.78, 5) is 4.50. The molecule has 0 aliphatic heterocycles. The molecule has 21 heavy (non-hydrogen) atoms. The molecule has 0 bridgehead atoms. The highest BCUT2D eigenvalue weighted by atomic mass is 19.1. The quantitative estimate of drug-likeness (QED) is 0.771. The third kappa shape index (κ3) is 2.65. The zero-order valence-corrected chi connectivity index (χ0v) is 11.9.